The van der Waals surface area contributed by atoms with Crippen LogP contribution in [0.25, 0.3) is 21.3 Å². The van der Waals surface area contributed by atoms with Crippen LogP contribution in [0.5, 0.6) is 0 Å². The fourth-order valence-electron chi connectivity index (χ4n) is 3.70. The highest BCUT2D eigenvalue weighted by atomic mass is 32.1. The number of anilines is 1. The molecular weight excluding hydrogens is 495 g/mol. The first kappa shape index (κ1) is 23.3. The summed E-state index contributed by atoms with van der Waals surface area (Å²) in [6.07, 6.45) is -1.39. The number of primary amides is 1. The van der Waals surface area contributed by atoms with Gasteiger partial charge in [0.25, 0.3) is 11.8 Å². The van der Waals surface area contributed by atoms with Gasteiger partial charge in [-0.05, 0) is 35.4 Å². The van der Waals surface area contributed by atoms with Gasteiger partial charge in [0.15, 0.2) is 5.76 Å². The molecule has 0 aliphatic heterocycles. The third-order valence-corrected chi connectivity index (χ3v) is 6.36. The number of carbonyl (C=O) groups is 2. The van der Waals surface area contributed by atoms with Crippen LogP contribution >= 0.6 is 11.3 Å². The second-order valence-electron chi connectivity index (χ2n) is 7.69. The minimum absolute atomic E-state index is 0.0300. The third-order valence-electron chi connectivity index (χ3n) is 5.26. The molecule has 4 heterocycles. The molecule has 5 aromatic rings. The van der Waals surface area contributed by atoms with Gasteiger partial charge in [0.05, 0.1) is 12.2 Å². The van der Waals surface area contributed by atoms with Crippen LogP contribution < -0.4 is 11.1 Å². The predicted octanol–water partition coefficient (Wildman–Crippen LogP) is 5.17. The number of rotatable bonds is 6. The van der Waals surface area contributed by atoms with Crippen LogP contribution in [0.1, 0.15) is 31.7 Å². The molecule has 0 aliphatic carbocycles. The smallest absolute Gasteiger partial charge is 0.433 e. The summed E-state index contributed by atoms with van der Waals surface area (Å²) in [6.45, 7) is 0.288. The Labute approximate surface area is 205 Å². The number of furan rings is 1. The van der Waals surface area contributed by atoms with E-state index in [0.717, 1.165) is 6.07 Å². The van der Waals surface area contributed by atoms with Crippen LogP contribution in [0.3, 0.4) is 0 Å². The van der Waals surface area contributed by atoms with Crippen molar-refractivity contribution in [2.45, 2.75) is 12.7 Å². The summed E-state index contributed by atoms with van der Waals surface area (Å²) in [5.41, 5.74) is 4.95. The quantitative estimate of drug-likeness (QED) is 0.326. The van der Waals surface area contributed by atoms with Gasteiger partial charge in [0.2, 0.25) is 0 Å². The molecule has 0 unspecified atom stereocenters. The average Bonchev–Trinajstić information content (AvgIpc) is 3.59. The fourth-order valence-corrected chi connectivity index (χ4v) is 4.70. The predicted molar refractivity (Wildman–Crippen MR) is 127 cm³/mol. The molecular formula is C24H16F3N5O3S. The summed E-state index contributed by atoms with van der Waals surface area (Å²) >= 11 is 0.674. The van der Waals surface area contributed by atoms with E-state index in [1.165, 1.54) is 6.07 Å². The van der Waals surface area contributed by atoms with Crippen LogP contribution in [-0.2, 0) is 12.7 Å². The molecule has 0 bridgehead atoms. The average molecular weight is 511 g/mol. The van der Waals surface area contributed by atoms with Crippen molar-refractivity contribution in [3.63, 3.8) is 0 Å². The Morgan fingerprint density at radius 3 is 2.56 bits per heavy atom. The van der Waals surface area contributed by atoms with E-state index in [1.807, 2.05) is 0 Å². The Morgan fingerprint density at radius 2 is 1.89 bits per heavy atom. The zero-order chi connectivity index (χ0) is 25.4. The summed E-state index contributed by atoms with van der Waals surface area (Å²) in [5, 5.41) is 6.85. The highest BCUT2D eigenvalue weighted by molar-refractivity contribution is 7.21. The molecule has 182 valence electrons. The second kappa shape index (κ2) is 8.96. The zero-order valence-electron chi connectivity index (χ0n) is 18.2. The third kappa shape index (κ3) is 4.45. The zero-order valence-corrected chi connectivity index (χ0v) is 19.1. The van der Waals surface area contributed by atoms with Crippen LogP contribution in [0.2, 0.25) is 0 Å². The van der Waals surface area contributed by atoms with Crippen molar-refractivity contribution in [2.75, 3.05) is 5.32 Å². The van der Waals surface area contributed by atoms with E-state index < -0.39 is 23.7 Å². The van der Waals surface area contributed by atoms with Crippen molar-refractivity contribution in [1.82, 2.24) is 14.8 Å². The topological polar surface area (TPSA) is 116 Å². The Hall–Kier alpha value is -4.45. The molecule has 0 fully saturated rings. The monoisotopic (exact) mass is 511 g/mol. The first-order valence-electron chi connectivity index (χ1n) is 10.5. The van der Waals surface area contributed by atoms with E-state index in [2.05, 4.69) is 15.4 Å². The number of aromatic nitrogens is 3. The van der Waals surface area contributed by atoms with E-state index in [4.69, 9.17) is 10.2 Å². The van der Waals surface area contributed by atoms with Gasteiger partial charge < -0.3 is 15.5 Å². The number of thiophene rings is 1. The maximum Gasteiger partial charge on any atom is 0.433 e. The van der Waals surface area contributed by atoms with Gasteiger partial charge in [-0.3, -0.25) is 14.3 Å². The van der Waals surface area contributed by atoms with E-state index in [0.29, 0.717) is 22.7 Å². The number of alkyl halides is 3. The van der Waals surface area contributed by atoms with Gasteiger partial charge >= 0.3 is 6.18 Å². The van der Waals surface area contributed by atoms with E-state index in [9.17, 15) is 22.8 Å². The summed E-state index contributed by atoms with van der Waals surface area (Å²) in [7, 11) is 0. The molecule has 0 aliphatic rings. The molecule has 8 nitrogen and oxygen atoms in total. The van der Waals surface area contributed by atoms with Crippen LogP contribution in [-0.4, -0.2) is 26.6 Å². The molecule has 12 heteroatoms. The molecule has 1 aromatic carbocycles. The largest absolute Gasteiger partial charge is 0.454 e. The molecule has 4 aromatic heterocycles. The Morgan fingerprint density at radius 1 is 1.11 bits per heavy atom. The number of benzene rings is 1. The normalized spacial score (nSPS) is 11.6. The Balaban J connectivity index is 1.60. The molecule has 0 atom stereocenters. The lowest BCUT2D eigenvalue weighted by molar-refractivity contribution is -0.140. The number of hydrogen-bond acceptors (Lipinski definition) is 6. The van der Waals surface area contributed by atoms with Crippen LogP contribution in [0.4, 0.5) is 18.9 Å². The van der Waals surface area contributed by atoms with Gasteiger partial charge in [-0.15, -0.1) is 11.3 Å². The number of pyridine rings is 1. The van der Waals surface area contributed by atoms with Crippen molar-refractivity contribution in [3.05, 3.63) is 89.1 Å². The van der Waals surface area contributed by atoms with Crippen molar-refractivity contribution < 1.29 is 27.2 Å². The highest BCUT2D eigenvalue weighted by Gasteiger charge is 2.35. The SMILES string of the molecule is NC(=O)c1sc2nc(C(F)(F)F)cc(-c3ccccc3)c2c1NC(=O)c1ccc(Cn2cccn2)o1. The lowest BCUT2D eigenvalue weighted by atomic mass is 10.0. The molecule has 3 N–H and O–H groups in total. The lowest BCUT2D eigenvalue weighted by Gasteiger charge is -2.12. The van der Waals surface area contributed by atoms with Crippen molar-refractivity contribution in [3.8, 4) is 11.1 Å². The van der Waals surface area contributed by atoms with E-state index >= 15 is 0 Å². The molecule has 5 rings (SSSR count). The van der Waals surface area contributed by atoms with Gasteiger partial charge in [0, 0.05) is 17.8 Å². The maximum atomic E-state index is 13.6. The standard InChI is InChI=1S/C24H16F3N5O3S/c25-24(26,27)17-11-15(13-5-2-1-3-6-13)18-19(20(21(28)33)36-23(18)30-17)31-22(34)16-8-7-14(35-16)12-32-10-4-9-29-32/h1-11H,12H2,(H2,28,33)(H,31,34). The van der Waals surface area contributed by atoms with E-state index in [1.54, 1.807) is 59.5 Å². The van der Waals surface area contributed by atoms with E-state index in [-0.39, 0.29) is 38.6 Å². The number of fused-ring (bicyclic) bond motifs is 1. The number of carbonyl (C=O) groups excluding carboxylic acids is 2. The lowest BCUT2D eigenvalue weighted by Crippen LogP contribution is -2.16. The highest BCUT2D eigenvalue weighted by Crippen LogP contribution is 2.43. The van der Waals surface area contributed by atoms with Crippen molar-refractivity contribution >= 4 is 39.1 Å². The fraction of sp³-hybridized carbons (Fsp3) is 0.0833. The number of amides is 2. The van der Waals surface area contributed by atoms with Gasteiger partial charge in [-0.2, -0.15) is 18.3 Å². The summed E-state index contributed by atoms with van der Waals surface area (Å²) in [6, 6.07) is 14.0. The number of nitrogens with zero attached hydrogens (tertiary/aromatic N) is 3. The minimum atomic E-state index is -4.73. The molecule has 0 spiro atoms. The second-order valence-corrected chi connectivity index (χ2v) is 8.69. The van der Waals surface area contributed by atoms with Crippen LogP contribution in [0, 0.1) is 0 Å². The van der Waals surface area contributed by atoms with Gasteiger partial charge in [-0.1, -0.05) is 30.3 Å². The molecule has 0 saturated carbocycles. The Bertz CT molecular complexity index is 1570. The first-order chi connectivity index (χ1) is 17.2. The molecule has 0 saturated heterocycles. The summed E-state index contributed by atoms with van der Waals surface area (Å²) in [5.74, 6) is -1.23. The summed E-state index contributed by atoms with van der Waals surface area (Å²) < 4.78 is 48.0. The van der Waals surface area contributed by atoms with Crippen molar-refractivity contribution in [1.29, 1.82) is 0 Å². The number of nitrogens with one attached hydrogen (secondary N) is 1. The van der Waals surface area contributed by atoms with Gasteiger partial charge in [0.1, 0.15) is 21.2 Å². The minimum Gasteiger partial charge on any atom is -0.454 e. The number of halogens is 3. The Kier molecular flexibility index (Phi) is 5.80. The summed E-state index contributed by atoms with van der Waals surface area (Å²) in [4.78, 5) is 28.8. The van der Waals surface area contributed by atoms with Crippen LogP contribution in [0.15, 0.2) is 71.4 Å². The van der Waals surface area contributed by atoms with Crippen molar-refractivity contribution in [2.24, 2.45) is 5.73 Å². The molecule has 2 amide bonds. The maximum absolute atomic E-state index is 13.6. The number of hydrogen-bond donors (Lipinski definition) is 2. The number of nitrogens with two attached hydrogens (primary N) is 1. The van der Waals surface area contributed by atoms with Gasteiger partial charge in [-0.25, -0.2) is 4.98 Å². The molecule has 0 radical (unpaired) electrons. The first-order valence-corrected chi connectivity index (χ1v) is 11.3. The molecule has 36 heavy (non-hydrogen) atoms.